The first-order chi connectivity index (χ1) is 10.3. The van der Waals surface area contributed by atoms with Crippen molar-refractivity contribution in [1.29, 1.82) is 0 Å². The summed E-state index contributed by atoms with van der Waals surface area (Å²) in [6.45, 7) is 5.56. The van der Waals surface area contributed by atoms with Crippen molar-refractivity contribution in [2.45, 2.75) is 51.5 Å². The number of likely N-dealkylation sites (tertiary alicyclic amines) is 1. The molecule has 1 aliphatic rings. The fraction of sp³-hybridized carbons (Fsp3) is 0.647. The van der Waals surface area contributed by atoms with Crippen molar-refractivity contribution in [3.8, 4) is 0 Å². The van der Waals surface area contributed by atoms with Gasteiger partial charge in [0.2, 0.25) is 5.91 Å². The minimum absolute atomic E-state index is 0.107. The largest absolute Gasteiger partial charge is 0.349 e. The standard InChI is InChI=1S/C17H27N3O/c1-2-16(15-8-10-18-11-9-15)19-17(21)7-6-14-20-12-4-3-5-13-20/h8-11,16H,2-7,12-14H2,1H3,(H,19,21). The van der Waals surface area contributed by atoms with Crippen LogP contribution < -0.4 is 5.32 Å². The third-order valence-corrected chi connectivity index (χ3v) is 4.18. The minimum atomic E-state index is 0.107. The van der Waals surface area contributed by atoms with Crippen molar-refractivity contribution in [3.05, 3.63) is 30.1 Å². The van der Waals surface area contributed by atoms with Crippen LogP contribution in [0.15, 0.2) is 24.5 Å². The lowest BCUT2D eigenvalue weighted by Crippen LogP contribution is -2.32. The second-order valence-corrected chi connectivity index (χ2v) is 5.81. The Morgan fingerprint density at radius 2 is 2.00 bits per heavy atom. The van der Waals surface area contributed by atoms with E-state index in [1.54, 1.807) is 12.4 Å². The first kappa shape index (κ1) is 16.0. The van der Waals surface area contributed by atoms with Crippen LogP contribution in [0.3, 0.4) is 0 Å². The summed E-state index contributed by atoms with van der Waals surface area (Å²) in [6.07, 6.45) is 10.0. The highest BCUT2D eigenvalue weighted by atomic mass is 16.1. The van der Waals surface area contributed by atoms with E-state index in [0.29, 0.717) is 6.42 Å². The number of hydrogen-bond acceptors (Lipinski definition) is 3. The summed E-state index contributed by atoms with van der Waals surface area (Å²) < 4.78 is 0. The van der Waals surface area contributed by atoms with E-state index < -0.39 is 0 Å². The van der Waals surface area contributed by atoms with Gasteiger partial charge in [-0.15, -0.1) is 0 Å². The summed E-state index contributed by atoms with van der Waals surface area (Å²) in [6, 6.07) is 4.06. The van der Waals surface area contributed by atoms with Gasteiger partial charge in [0.1, 0.15) is 0 Å². The van der Waals surface area contributed by atoms with Gasteiger partial charge in [-0.3, -0.25) is 9.78 Å². The first-order valence-electron chi connectivity index (χ1n) is 8.21. The molecule has 0 aromatic carbocycles. The molecule has 21 heavy (non-hydrogen) atoms. The molecule has 1 amide bonds. The lowest BCUT2D eigenvalue weighted by Gasteiger charge is -2.26. The van der Waals surface area contributed by atoms with Crippen LogP contribution in [0, 0.1) is 0 Å². The molecule has 1 saturated heterocycles. The summed E-state index contributed by atoms with van der Waals surface area (Å²) in [5.74, 6) is 0.163. The average Bonchev–Trinajstić information content (AvgIpc) is 2.54. The SMILES string of the molecule is CCC(NC(=O)CCCN1CCCCC1)c1ccncc1. The van der Waals surface area contributed by atoms with Gasteiger partial charge in [-0.05, 0) is 63.0 Å². The number of carbonyl (C=O) groups is 1. The van der Waals surface area contributed by atoms with Crippen LogP contribution in [0.2, 0.25) is 0 Å². The smallest absolute Gasteiger partial charge is 0.220 e. The number of rotatable bonds is 7. The highest BCUT2D eigenvalue weighted by Gasteiger charge is 2.13. The molecule has 0 bridgehead atoms. The zero-order valence-corrected chi connectivity index (χ0v) is 13.1. The maximum absolute atomic E-state index is 12.1. The van der Waals surface area contributed by atoms with Gasteiger partial charge in [0, 0.05) is 18.8 Å². The molecule has 0 radical (unpaired) electrons. The summed E-state index contributed by atoms with van der Waals surface area (Å²) in [4.78, 5) is 18.6. The van der Waals surface area contributed by atoms with E-state index in [1.807, 2.05) is 12.1 Å². The molecule has 1 aromatic rings. The van der Waals surface area contributed by atoms with Crippen LogP contribution in [0.5, 0.6) is 0 Å². The Morgan fingerprint density at radius 3 is 2.67 bits per heavy atom. The molecule has 0 saturated carbocycles. The molecule has 0 spiro atoms. The van der Waals surface area contributed by atoms with Crippen LogP contribution in [0.1, 0.15) is 57.1 Å². The van der Waals surface area contributed by atoms with E-state index in [-0.39, 0.29) is 11.9 Å². The van der Waals surface area contributed by atoms with Crippen molar-refractivity contribution in [2.24, 2.45) is 0 Å². The van der Waals surface area contributed by atoms with Crippen LogP contribution in [-0.2, 0) is 4.79 Å². The Labute approximate surface area is 127 Å². The molecule has 4 heteroatoms. The molecule has 1 N–H and O–H groups in total. The Bertz CT molecular complexity index is 415. The van der Waals surface area contributed by atoms with Crippen LogP contribution in [-0.4, -0.2) is 35.4 Å². The van der Waals surface area contributed by atoms with Crippen molar-refractivity contribution in [1.82, 2.24) is 15.2 Å². The van der Waals surface area contributed by atoms with Gasteiger partial charge in [0.05, 0.1) is 6.04 Å². The lowest BCUT2D eigenvalue weighted by atomic mass is 10.1. The summed E-state index contributed by atoms with van der Waals surface area (Å²) in [5, 5.41) is 3.14. The quantitative estimate of drug-likeness (QED) is 0.839. The molecule has 116 valence electrons. The number of amides is 1. The first-order valence-corrected chi connectivity index (χ1v) is 8.21. The lowest BCUT2D eigenvalue weighted by molar-refractivity contribution is -0.122. The highest BCUT2D eigenvalue weighted by Crippen LogP contribution is 2.15. The predicted octanol–water partition coefficient (Wildman–Crippen LogP) is 2.92. The van der Waals surface area contributed by atoms with E-state index >= 15 is 0 Å². The zero-order chi connectivity index (χ0) is 14.9. The minimum Gasteiger partial charge on any atom is -0.349 e. The topological polar surface area (TPSA) is 45.2 Å². The van der Waals surface area contributed by atoms with Crippen LogP contribution in [0.25, 0.3) is 0 Å². The number of piperidine rings is 1. The van der Waals surface area contributed by atoms with Crippen LogP contribution in [0.4, 0.5) is 0 Å². The summed E-state index contributed by atoms with van der Waals surface area (Å²) in [5.41, 5.74) is 1.14. The molecule has 2 heterocycles. The van der Waals surface area contributed by atoms with Crippen molar-refractivity contribution in [3.63, 3.8) is 0 Å². The molecular weight excluding hydrogens is 262 g/mol. The average molecular weight is 289 g/mol. The zero-order valence-electron chi connectivity index (χ0n) is 13.1. The Balaban J connectivity index is 1.70. The number of carbonyl (C=O) groups excluding carboxylic acids is 1. The monoisotopic (exact) mass is 289 g/mol. The summed E-state index contributed by atoms with van der Waals surface area (Å²) >= 11 is 0. The van der Waals surface area contributed by atoms with Crippen molar-refractivity contribution in [2.75, 3.05) is 19.6 Å². The van der Waals surface area contributed by atoms with Crippen molar-refractivity contribution >= 4 is 5.91 Å². The molecule has 2 rings (SSSR count). The number of aromatic nitrogens is 1. The third kappa shape index (κ3) is 5.46. The van der Waals surface area contributed by atoms with Gasteiger partial charge in [0.15, 0.2) is 0 Å². The van der Waals surface area contributed by atoms with Gasteiger partial charge >= 0.3 is 0 Å². The van der Waals surface area contributed by atoms with Gasteiger partial charge in [-0.1, -0.05) is 13.3 Å². The van der Waals surface area contributed by atoms with Crippen LogP contribution >= 0.6 is 0 Å². The second-order valence-electron chi connectivity index (χ2n) is 5.81. The van der Waals surface area contributed by atoms with Gasteiger partial charge in [0.25, 0.3) is 0 Å². The fourth-order valence-corrected chi connectivity index (χ4v) is 2.93. The fourth-order valence-electron chi connectivity index (χ4n) is 2.93. The van der Waals surface area contributed by atoms with E-state index in [2.05, 4.69) is 22.1 Å². The second kappa shape index (κ2) is 8.78. The molecule has 4 nitrogen and oxygen atoms in total. The maximum Gasteiger partial charge on any atom is 0.220 e. The Kier molecular flexibility index (Phi) is 6.67. The maximum atomic E-state index is 12.1. The van der Waals surface area contributed by atoms with Gasteiger partial charge in [-0.25, -0.2) is 0 Å². The van der Waals surface area contributed by atoms with Crippen molar-refractivity contribution < 1.29 is 4.79 Å². The van der Waals surface area contributed by atoms with E-state index in [9.17, 15) is 4.79 Å². The predicted molar refractivity (Wildman–Crippen MR) is 84.9 cm³/mol. The number of hydrogen-bond donors (Lipinski definition) is 1. The third-order valence-electron chi connectivity index (χ3n) is 4.18. The number of pyridine rings is 1. The molecule has 1 aromatic heterocycles. The van der Waals surface area contributed by atoms with Gasteiger partial charge < -0.3 is 10.2 Å². The van der Waals surface area contributed by atoms with E-state index in [4.69, 9.17) is 0 Å². The Morgan fingerprint density at radius 1 is 1.29 bits per heavy atom. The summed E-state index contributed by atoms with van der Waals surface area (Å²) in [7, 11) is 0. The molecular formula is C17H27N3O. The van der Waals surface area contributed by atoms with E-state index in [1.165, 1.54) is 32.4 Å². The molecule has 1 fully saturated rings. The molecule has 1 aliphatic heterocycles. The Hall–Kier alpha value is -1.42. The highest BCUT2D eigenvalue weighted by molar-refractivity contribution is 5.76. The van der Waals surface area contributed by atoms with E-state index in [0.717, 1.165) is 24.9 Å². The number of nitrogens with one attached hydrogen (secondary N) is 1. The van der Waals surface area contributed by atoms with Gasteiger partial charge in [-0.2, -0.15) is 0 Å². The normalized spacial score (nSPS) is 17.4. The molecule has 1 unspecified atom stereocenters. The molecule has 0 aliphatic carbocycles. The number of nitrogens with zero attached hydrogens (tertiary/aromatic N) is 2. The molecule has 1 atom stereocenters.